The largest absolute Gasteiger partial charge is 0.379 e. The molecule has 0 bridgehead atoms. The summed E-state index contributed by atoms with van der Waals surface area (Å²) in [5.74, 6) is -0.220. The van der Waals surface area contributed by atoms with E-state index in [1.807, 2.05) is 0 Å². The van der Waals surface area contributed by atoms with Crippen LogP contribution in [0, 0.1) is 0 Å². The summed E-state index contributed by atoms with van der Waals surface area (Å²) in [6, 6.07) is 1.90. The average Bonchev–Trinajstić information content (AvgIpc) is 3.27. The number of pyridine rings is 1. The van der Waals surface area contributed by atoms with Crippen molar-refractivity contribution < 1.29 is 9.18 Å². The number of anilines is 2. The van der Waals surface area contributed by atoms with Gasteiger partial charge in [-0.3, -0.25) is 9.59 Å². The summed E-state index contributed by atoms with van der Waals surface area (Å²) in [5.41, 5.74) is 0.486. The maximum Gasteiger partial charge on any atom is 0.274 e. The monoisotopic (exact) mass is 436 g/mol. The van der Waals surface area contributed by atoms with Crippen molar-refractivity contribution in [3.63, 3.8) is 0 Å². The van der Waals surface area contributed by atoms with Gasteiger partial charge >= 0.3 is 0 Å². The van der Waals surface area contributed by atoms with Crippen molar-refractivity contribution >= 4 is 52.2 Å². The molecule has 4 unspecified atom stereocenters. The molecule has 0 aliphatic carbocycles. The Balaban J connectivity index is 1.73. The van der Waals surface area contributed by atoms with Gasteiger partial charge in [0.25, 0.3) is 5.56 Å². The van der Waals surface area contributed by atoms with Gasteiger partial charge in [0, 0.05) is 18.8 Å². The van der Waals surface area contributed by atoms with Crippen molar-refractivity contribution in [2.75, 3.05) is 30.4 Å². The van der Waals surface area contributed by atoms with Crippen LogP contribution < -0.4 is 21.5 Å². The highest BCUT2D eigenvalue weighted by Crippen LogP contribution is 2.39. The van der Waals surface area contributed by atoms with Gasteiger partial charge in [0.1, 0.15) is 12.4 Å². The maximum absolute atomic E-state index is 12.8. The third-order valence-electron chi connectivity index (χ3n) is 4.69. The molecule has 0 spiro atoms. The van der Waals surface area contributed by atoms with Crippen LogP contribution in [0.1, 0.15) is 19.3 Å². The molecule has 2 aliphatic heterocycles. The zero-order chi connectivity index (χ0) is 19.4. The van der Waals surface area contributed by atoms with Crippen molar-refractivity contribution in [1.82, 2.24) is 9.88 Å². The number of aromatic nitrogens is 1. The zero-order valence-corrected chi connectivity index (χ0v) is 17.0. The summed E-state index contributed by atoms with van der Waals surface area (Å²) in [4.78, 5) is 25.0. The lowest BCUT2D eigenvalue weighted by atomic mass is 10.2. The van der Waals surface area contributed by atoms with E-state index >= 15 is 0 Å². The van der Waals surface area contributed by atoms with Crippen LogP contribution >= 0.6 is 35.0 Å². The van der Waals surface area contributed by atoms with E-state index < -0.39 is 6.67 Å². The molecule has 3 N–H and O–H groups in total. The Hall–Kier alpha value is -0.960. The number of carbonyl (C=O) groups is 1. The van der Waals surface area contributed by atoms with E-state index in [9.17, 15) is 14.0 Å². The number of nitrogens with one attached hydrogen (secondary N) is 3. The molecule has 2 fully saturated rings. The van der Waals surface area contributed by atoms with Crippen molar-refractivity contribution in [2.24, 2.45) is 0 Å². The smallest absolute Gasteiger partial charge is 0.274 e. The van der Waals surface area contributed by atoms with Crippen LogP contribution in [0.5, 0.6) is 0 Å². The fraction of sp³-hybridized carbons (Fsp3) is 0.647. The highest BCUT2D eigenvalue weighted by Gasteiger charge is 2.36. The topological polar surface area (TPSA) is 75.2 Å². The van der Waals surface area contributed by atoms with Gasteiger partial charge in [0.15, 0.2) is 0 Å². The first-order valence-electron chi connectivity index (χ1n) is 9.00. The number of carbonyl (C=O) groups excluding carboxylic acids is 1. The number of aryl methyl sites for hydroxylation is 1. The third kappa shape index (κ3) is 5.31. The number of halogens is 3. The lowest BCUT2D eigenvalue weighted by Crippen LogP contribution is -2.32. The molecule has 1 amide bonds. The molecule has 6 nitrogen and oxygen atoms in total. The summed E-state index contributed by atoms with van der Waals surface area (Å²) in [5, 5.41) is 8.68. The SMILES string of the molecule is O=C(Nc1cc(NCC2CCCN2)c(=O)n(CCF)c1)C1CC(Cl)C(Cl)S1. The Labute approximate surface area is 171 Å². The minimum atomic E-state index is -0.665. The number of rotatable bonds is 7. The second-order valence-corrected chi connectivity index (χ2v) is 9.36. The number of hydrogen-bond acceptors (Lipinski definition) is 5. The van der Waals surface area contributed by atoms with Crippen LogP contribution in [-0.4, -0.2) is 51.6 Å². The van der Waals surface area contributed by atoms with E-state index in [4.69, 9.17) is 23.2 Å². The Morgan fingerprint density at radius 2 is 2.26 bits per heavy atom. The first kappa shape index (κ1) is 20.8. The number of alkyl halides is 3. The van der Waals surface area contributed by atoms with E-state index in [1.54, 1.807) is 6.07 Å². The quantitative estimate of drug-likeness (QED) is 0.572. The maximum atomic E-state index is 12.8. The van der Waals surface area contributed by atoms with Gasteiger partial charge < -0.3 is 20.5 Å². The number of nitrogens with zero attached hydrogens (tertiary/aromatic N) is 1. The van der Waals surface area contributed by atoms with E-state index in [0.29, 0.717) is 30.4 Å². The van der Waals surface area contributed by atoms with Gasteiger partial charge in [0.05, 0.1) is 27.6 Å². The van der Waals surface area contributed by atoms with Gasteiger partial charge in [-0.15, -0.1) is 35.0 Å². The van der Waals surface area contributed by atoms with Crippen LogP contribution in [0.25, 0.3) is 0 Å². The van der Waals surface area contributed by atoms with Gasteiger partial charge in [-0.25, -0.2) is 4.39 Å². The molecule has 150 valence electrons. The van der Waals surface area contributed by atoms with Gasteiger partial charge in [0.2, 0.25) is 5.91 Å². The predicted octanol–water partition coefficient (Wildman–Crippen LogP) is 2.60. The molecule has 1 aromatic rings. The fourth-order valence-electron chi connectivity index (χ4n) is 3.25. The Morgan fingerprint density at radius 1 is 1.44 bits per heavy atom. The molecule has 4 atom stereocenters. The third-order valence-corrected chi connectivity index (χ3v) is 7.34. The molecule has 3 heterocycles. The zero-order valence-electron chi connectivity index (χ0n) is 14.7. The van der Waals surface area contributed by atoms with Gasteiger partial charge in [-0.2, -0.15) is 0 Å². The minimum Gasteiger partial charge on any atom is -0.379 e. The van der Waals surface area contributed by atoms with Crippen molar-refractivity contribution in [3.8, 4) is 0 Å². The summed E-state index contributed by atoms with van der Waals surface area (Å²) < 4.78 is 13.8. The van der Waals surface area contributed by atoms with Crippen molar-refractivity contribution in [2.45, 2.75) is 47.2 Å². The summed E-state index contributed by atoms with van der Waals surface area (Å²) in [7, 11) is 0. The highest BCUT2D eigenvalue weighted by molar-refractivity contribution is 8.02. The lowest BCUT2D eigenvalue weighted by Gasteiger charge is -2.16. The van der Waals surface area contributed by atoms with Crippen LogP contribution in [0.15, 0.2) is 17.1 Å². The summed E-state index contributed by atoms with van der Waals surface area (Å²) in [6.45, 7) is 0.838. The molecular weight excluding hydrogens is 414 g/mol. The second-order valence-electron chi connectivity index (χ2n) is 6.72. The fourth-order valence-corrected chi connectivity index (χ4v) is 5.29. The molecule has 0 aromatic carbocycles. The lowest BCUT2D eigenvalue weighted by molar-refractivity contribution is -0.115. The second kappa shape index (κ2) is 9.49. The molecule has 10 heteroatoms. The van der Waals surface area contributed by atoms with Gasteiger partial charge in [-0.05, 0) is 31.9 Å². The number of thioether (sulfide) groups is 1. The highest BCUT2D eigenvalue weighted by atomic mass is 35.5. The first-order chi connectivity index (χ1) is 13.0. The molecular formula is C17H23Cl2FN4O2S. The predicted molar refractivity (Wildman–Crippen MR) is 110 cm³/mol. The molecule has 2 aliphatic rings. The average molecular weight is 437 g/mol. The Kier molecular flexibility index (Phi) is 7.30. The van der Waals surface area contributed by atoms with Crippen LogP contribution in [0.3, 0.4) is 0 Å². The Bertz CT molecular complexity index is 719. The van der Waals surface area contributed by atoms with Crippen molar-refractivity contribution in [3.05, 3.63) is 22.6 Å². The molecule has 0 saturated carbocycles. The minimum absolute atomic E-state index is 0.0649. The molecule has 1 aromatic heterocycles. The van der Waals surface area contributed by atoms with E-state index in [0.717, 1.165) is 19.4 Å². The normalized spacial score (nSPS) is 27.7. The van der Waals surface area contributed by atoms with Crippen LogP contribution in [0.4, 0.5) is 15.8 Å². The van der Waals surface area contributed by atoms with Crippen LogP contribution in [-0.2, 0) is 11.3 Å². The van der Waals surface area contributed by atoms with Crippen molar-refractivity contribution in [1.29, 1.82) is 0 Å². The standard InChI is InChI=1S/C17H23Cl2FN4O2S/c18-12-7-14(27-15(12)19)16(25)23-11-6-13(17(26)24(9-11)5-3-20)22-8-10-2-1-4-21-10/h6,9-10,12,14-15,21-22H,1-5,7-8H2,(H,23,25). The molecule has 3 rings (SSSR count). The molecule has 27 heavy (non-hydrogen) atoms. The van der Waals surface area contributed by atoms with E-state index in [2.05, 4.69) is 16.0 Å². The number of amides is 1. The van der Waals surface area contributed by atoms with Gasteiger partial charge in [-0.1, -0.05) is 0 Å². The summed E-state index contributed by atoms with van der Waals surface area (Å²) >= 11 is 13.5. The summed E-state index contributed by atoms with van der Waals surface area (Å²) in [6.07, 6.45) is 4.10. The molecule has 2 saturated heterocycles. The van der Waals surface area contributed by atoms with Crippen LogP contribution in [0.2, 0.25) is 0 Å². The van der Waals surface area contributed by atoms with E-state index in [-0.39, 0.29) is 33.3 Å². The van der Waals surface area contributed by atoms with E-state index in [1.165, 1.54) is 22.5 Å². The number of hydrogen-bond donors (Lipinski definition) is 3. The first-order valence-corrected chi connectivity index (χ1v) is 10.8. The Morgan fingerprint density at radius 3 is 2.89 bits per heavy atom. The molecule has 0 radical (unpaired) electrons.